The second-order valence-corrected chi connectivity index (χ2v) is 9.84. The van der Waals surface area contributed by atoms with Gasteiger partial charge in [-0.05, 0) is 17.2 Å². The number of benzene rings is 3. The van der Waals surface area contributed by atoms with Crippen LogP contribution in [0.15, 0.2) is 84.9 Å². The third-order valence-corrected chi connectivity index (χ3v) is 7.63. The van der Waals surface area contributed by atoms with Crippen molar-refractivity contribution in [3.63, 3.8) is 0 Å². The molecule has 10 heteroatoms. The Bertz CT molecular complexity index is 1490. The van der Waals surface area contributed by atoms with E-state index in [-0.39, 0.29) is 18.7 Å². The highest BCUT2D eigenvalue weighted by Crippen LogP contribution is 2.51. The number of aliphatic carboxylic acids is 1. The van der Waals surface area contributed by atoms with E-state index in [9.17, 15) is 29.6 Å². The van der Waals surface area contributed by atoms with Crippen molar-refractivity contribution in [3.05, 3.63) is 112 Å². The summed E-state index contributed by atoms with van der Waals surface area (Å²) in [5, 5.41) is 24.9. The van der Waals surface area contributed by atoms with Crippen molar-refractivity contribution in [2.75, 3.05) is 13.7 Å². The van der Waals surface area contributed by atoms with Gasteiger partial charge in [-0.1, -0.05) is 72.8 Å². The number of hydrogen-bond donors (Lipinski definition) is 2. The number of methoxy groups -OCH3 is 1. The molecular formula is C30H27N3O7. The van der Waals surface area contributed by atoms with Gasteiger partial charge < -0.3 is 9.84 Å². The average molecular weight is 542 g/mol. The number of imide groups is 1. The summed E-state index contributed by atoms with van der Waals surface area (Å²) in [6.07, 6.45) is 3.34. The number of carbonyl (C=O) groups is 3. The molecule has 10 nitrogen and oxygen atoms in total. The monoisotopic (exact) mass is 541 g/mol. The molecule has 4 unspecified atom stereocenters. The number of hydrogen-bond acceptors (Lipinski definition) is 7. The summed E-state index contributed by atoms with van der Waals surface area (Å²) in [6, 6.07) is 21.1. The van der Waals surface area contributed by atoms with E-state index in [0.29, 0.717) is 16.9 Å². The normalized spacial score (nSPS) is 23.9. The Hall–Kier alpha value is -4.83. The van der Waals surface area contributed by atoms with Gasteiger partial charge in [0.15, 0.2) is 0 Å². The first-order chi connectivity index (χ1) is 19.3. The number of nitrogens with zero attached hydrogens (tertiary/aromatic N) is 2. The molecule has 4 atom stereocenters. The smallest absolute Gasteiger partial charge is 0.325 e. The Morgan fingerprint density at radius 1 is 1.05 bits per heavy atom. The minimum atomic E-state index is -1.85. The predicted octanol–water partition coefficient (Wildman–Crippen LogP) is 3.63. The summed E-state index contributed by atoms with van der Waals surface area (Å²) < 4.78 is 5.52. The third-order valence-electron chi connectivity index (χ3n) is 7.63. The van der Waals surface area contributed by atoms with E-state index in [0.717, 1.165) is 10.5 Å². The topological polar surface area (TPSA) is 139 Å². The maximum Gasteiger partial charge on any atom is 0.325 e. The zero-order valence-electron chi connectivity index (χ0n) is 21.6. The highest BCUT2D eigenvalue weighted by molar-refractivity contribution is 6.09. The van der Waals surface area contributed by atoms with Gasteiger partial charge in [0.1, 0.15) is 11.3 Å². The highest BCUT2D eigenvalue weighted by Gasteiger charge is 2.68. The van der Waals surface area contributed by atoms with Crippen LogP contribution in [0.25, 0.3) is 6.08 Å². The predicted molar refractivity (Wildman–Crippen MR) is 145 cm³/mol. The van der Waals surface area contributed by atoms with E-state index in [1.54, 1.807) is 36.4 Å². The largest absolute Gasteiger partial charge is 0.496 e. The van der Waals surface area contributed by atoms with Crippen molar-refractivity contribution in [2.45, 2.75) is 18.0 Å². The molecule has 2 amide bonds. The second-order valence-electron chi connectivity index (χ2n) is 9.84. The summed E-state index contributed by atoms with van der Waals surface area (Å²) >= 11 is 0. The number of carboxylic acid groups (broad SMARTS) is 1. The molecule has 2 aliphatic heterocycles. The van der Waals surface area contributed by atoms with E-state index in [1.807, 2.05) is 30.3 Å². The molecule has 2 saturated heterocycles. The molecule has 0 aromatic heterocycles. The van der Waals surface area contributed by atoms with Crippen LogP contribution in [-0.4, -0.2) is 51.9 Å². The van der Waals surface area contributed by atoms with Crippen molar-refractivity contribution in [2.24, 2.45) is 11.8 Å². The minimum absolute atomic E-state index is 0.00850. The van der Waals surface area contributed by atoms with Crippen LogP contribution in [-0.2, 0) is 20.8 Å². The van der Waals surface area contributed by atoms with Gasteiger partial charge in [-0.2, -0.15) is 0 Å². The lowest BCUT2D eigenvalue weighted by atomic mass is 9.76. The summed E-state index contributed by atoms with van der Waals surface area (Å²) in [4.78, 5) is 52.4. The zero-order valence-corrected chi connectivity index (χ0v) is 21.6. The van der Waals surface area contributed by atoms with Crippen LogP contribution in [0.3, 0.4) is 0 Å². The van der Waals surface area contributed by atoms with E-state index >= 15 is 0 Å². The van der Waals surface area contributed by atoms with Crippen molar-refractivity contribution < 1.29 is 29.2 Å². The van der Waals surface area contributed by atoms with Gasteiger partial charge in [0, 0.05) is 36.7 Å². The molecule has 2 aliphatic rings. The number of non-ortho nitro benzene ring substituents is 1. The van der Waals surface area contributed by atoms with Crippen LogP contribution in [0.4, 0.5) is 5.69 Å². The fraction of sp³-hybridized carbons (Fsp3) is 0.233. The van der Waals surface area contributed by atoms with Crippen LogP contribution >= 0.6 is 0 Å². The first-order valence-electron chi connectivity index (χ1n) is 12.7. The molecule has 2 N–H and O–H groups in total. The number of carboxylic acids is 1. The number of amides is 2. The second kappa shape index (κ2) is 10.7. The lowest BCUT2D eigenvalue weighted by Crippen LogP contribution is -2.57. The van der Waals surface area contributed by atoms with E-state index in [1.165, 1.54) is 31.4 Å². The molecule has 3 aromatic rings. The van der Waals surface area contributed by atoms with Crippen LogP contribution in [0, 0.1) is 22.0 Å². The molecule has 40 heavy (non-hydrogen) atoms. The fourth-order valence-corrected chi connectivity index (χ4v) is 5.78. The number of likely N-dealkylation sites (tertiary alicyclic amines) is 1. The maximum atomic E-state index is 13.9. The van der Waals surface area contributed by atoms with Gasteiger partial charge in [0.05, 0.1) is 23.9 Å². The number of ether oxygens (including phenoxy) is 1. The van der Waals surface area contributed by atoms with Gasteiger partial charge in [0.2, 0.25) is 11.8 Å². The first kappa shape index (κ1) is 26.8. The number of nitro benzene ring substituents is 1. The Kier molecular flexibility index (Phi) is 7.19. The zero-order chi connectivity index (χ0) is 28.4. The minimum Gasteiger partial charge on any atom is -0.496 e. The lowest BCUT2D eigenvalue weighted by Gasteiger charge is -2.31. The van der Waals surface area contributed by atoms with Crippen LogP contribution < -0.4 is 10.1 Å². The molecule has 0 aliphatic carbocycles. The van der Waals surface area contributed by atoms with Crippen LogP contribution in [0.5, 0.6) is 5.75 Å². The van der Waals surface area contributed by atoms with Gasteiger partial charge in [0.25, 0.3) is 5.69 Å². The molecule has 0 saturated carbocycles. The van der Waals surface area contributed by atoms with Crippen molar-refractivity contribution in [3.8, 4) is 5.75 Å². The maximum absolute atomic E-state index is 13.9. The molecule has 5 rings (SSSR count). The Balaban J connectivity index is 1.55. The van der Waals surface area contributed by atoms with Crippen molar-refractivity contribution in [1.29, 1.82) is 0 Å². The SMILES string of the molecule is COc1ccccc1C1NC(Cc2ccc([N+](=O)[O-])cc2)(C(=O)O)C2C(=O)N(C/C=C\c3ccccc3)C(=O)C12. The molecule has 2 fully saturated rings. The van der Waals surface area contributed by atoms with Gasteiger partial charge in [-0.3, -0.25) is 34.7 Å². The van der Waals surface area contributed by atoms with Crippen LogP contribution in [0.1, 0.15) is 22.7 Å². The molecule has 0 bridgehead atoms. The molecule has 204 valence electrons. The van der Waals surface area contributed by atoms with Crippen molar-refractivity contribution in [1.82, 2.24) is 10.2 Å². The molecule has 2 heterocycles. The molecule has 0 spiro atoms. The highest BCUT2D eigenvalue weighted by atomic mass is 16.6. The van der Waals surface area contributed by atoms with Gasteiger partial charge >= 0.3 is 5.97 Å². The molecular weight excluding hydrogens is 514 g/mol. The van der Waals surface area contributed by atoms with E-state index in [4.69, 9.17) is 4.74 Å². The van der Waals surface area contributed by atoms with Gasteiger partial charge in [-0.25, -0.2) is 0 Å². The Morgan fingerprint density at radius 2 is 1.73 bits per heavy atom. The Morgan fingerprint density at radius 3 is 2.38 bits per heavy atom. The van der Waals surface area contributed by atoms with Crippen LogP contribution in [0.2, 0.25) is 0 Å². The third kappa shape index (κ3) is 4.62. The quantitative estimate of drug-likeness (QED) is 0.238. The molecule has 3 aromatic carbocycles. The fourth-order valence-electron chi connectivity index (χ4n) is 5.78. The van der Waals surface area contributed by atoms with E-state index < -0.39 is 46.1 Å². The van der Waals surface area contributed by atoms with Gasteiger partial charge in [-0.15, -0.1) is 0 Å². The number of nitro groups is 1. The number of para-hydroxylation sites is 1. The standard InChI is InChI=1S/C30H27N3O7/c1-40-23-12-6-5-11-22(23)26-24-25(28(35)32(27(24)34)17-7-10-19-8-3-2-4-9-19)30(31-26,29(36)37)18-20-13-15-21(16-14-20)33(38)39/h2-16,24-26,31H,17-18H2,1H3,(H,36,37)/b10-7-. The molecule has 0 radical (unpaired) electrons. The number of nitrogens with one attached hydrogen (secondary N) is 1. The summed E-state index contributed by atoms with van der Waals surface area (Å²) in [7, 11) is 1.48. The number of fused-ring (bicyclic) bond motifs is 1. The summed E-state index contributed by atoms with van der Waals surface area (Å²) in [5.74, 6) is -4.10. The summed E-state index contributed by atoms with van der Waals surface area (Å²) in [5.41, 5.74) is -0.0526. The number of carbonyl (C=O) groups excluding carboxylic acids is 2. The lowest BCUT2D eigenvalue weighted by molar-refractivity contribution is -0.384. The first-order valence-corrected chi connectivity index (χ1v) is 12.7. The summed E-state index contributed by atoms with van der Waals surface area (Å²) in [6.45, 7) is -0.00850. The number of rotatable bonds is 9. The van der Waals surface area contributed by atoms with E-state index in [2.05, 4.69) is 5.32 Å². The van der Waals surface area contributed by atoms with Crippen molar-refractivity contribution >= 4 is 29.5 Å². The average Bonchev–Trinajstić information content (AvgIpc) is 3.43. The Labute approximate surface area is 230 Å².